The second kappa shape index (κ2) is 9.43. The lowest BCUT2D eigenvalue weighted by Crippen LogP contribution is -1.94. The lowest BCUT2D eigenvalue weighted by Gasteiger charge is -2.06. The molecule has 2 aromatic carbocycles. The van der Waals surface area contributed by atoms with Crippen molar-refractivity contribution < 1.29 is 4.52 Å². The van der Waals surface area contributed by atoms with Gasteiger partial charge in [-0.1, -0.05) is 67.2 Å². The summed E-state index contributed by atoms with van der Waals surface area (Å²) in [6.07, 6.45) is 1.09. The molecule has 4 rings (SSSR count). The highest BCUT2D eigenvalue weighted by Gasteiger charge is 2.11. The van der Waals surface area contributed by atoms with Crippen LogP contribution in [0.15, 0.2) is 64.1 Å². The third kappa shape index (κ3) is 5.39. The zero-order valence-corrected chi connectivity index (χ0v) is 19.1. The van der Waals surface area contributed by atoms with E-state index in [9.17, 15) is 0 Å². The first kappa shape index (κ1) is 21.2. The number of aromatic nitrogens is 4. The van der Waals surface area contributed by atoms with Crippen LogP contribution in [-0.2, 0) is 12.2 Å². The molecule has 4 aromatic rings. The summed E-state index contributed by atoms with van der Waals surface area (Å²) in [6.45, 7) is 8.63. The average molecular weight is 431 g/mol. The summed E-state index contributed by atoms with van der Waals surface area (Å²) < 4.78 is 5.41. The molecule has 5 nitrogen and oxygen atoms in total. The Kier molecular flexibility index (Phi) is 6.47. The highest BCUT2D eigenvalue weighted by Crippen LogP contribution is 2.25. The van der Waals surface area contributed by atoms with E-state index in [1.807, 2.05) is 18.2 Å². The molecule has 0 atom stereocenters. The molecular formula is C25H26N4OS. The molecule has 31 heavy (non-hydrogen) atoms. The lowest BCUT2D eigenvalue weighted by molar-refractivity contribution is 0.391. The molecule has 0 saturated heterocycles. The van der Waals surface area contributed by atoms with Crippen molar-refractivity contribution in [3.8, 4) is 22.6 Å². The molecule has 0 spiro atoms. The first-order chi connectivity index (χ1) is 15.0. The van der Waals surface area contributed by atoms with E-state index in [1.54, 1.807) is 0 Å². The summed E-state index contributed by atoms with van der Waals surface area (Å²) in [6, 6.07) is 18.7. The van der Waals surface area contributed by atoms with Crippen LogP contribution in [0.5, 0.6) is 0 Å². The van der Waals surface area contributed by atoms with E-state index in [-0.39, 0.29) is 0 Å². The van der Waals surface area contributed by atoms with E-state index in [1.165, 1.54) is 28.5 Å². The van der Waals surface area contributed by atoms with Crippen LogP contribution in [-0.4, -0.2) is 20.3 Å². The normalized spacial score (nSPS) is 11.3. The minimum absolute atomic E-state index is 0.551. The molecule has 2 heterocycles. The van der Waals surface area contributed by atoms with Crippen LogP contribution >= 0.6 is 11.8 Å². The number of thioether (sulfide) groups is 1. The second-order valence-electron chi connectivity index (χ2n) is 8.15. The molecule has 0 unspecified atom stereocenters. The van der Waals surface area contributed by atoms with Crippen LogP contribution in [0.2, 0.25) is 0 Å². The van der Waals surface area contributed by atoms with Crippen molar-refractivity contribution in [2.45, 2.75) is 44.9 Å². The first-order valence-electron chi connectivity index (χ1n) is 10.4. The van der Waals surface area contributed by atoms with Gasteiger partial charge in [0.2, 0.25) is 11.7 Å². The topological polar surface area (TPSA) is 64.7 Å². The average Bonchev–Trinajstić information content (AvgIpc) is 3.24. The van der Waals surface area contributed by atoms with Gasteiger partial charge in [0.15, 0.2) is 0 Å². The number of hydrogen-bond acceptors (Lipinski definition) is 6. The van der Waals surface area contributed by atoms with Gasteiger partial charge in [-0.3, -0.25) is 0 Å². The van der Waals surface area contributed by atoms with Crippen molar-refractivity contribution in [2.24, 2.45) is 5.92 Å². The molecule has 158 valence electrons. The number of nitrogens with zero attached hydrogens (tertiary/aromatic N) is 4. The SMILES string of the molecule is Cc1ccc(-c2noc(CSc3ccc(-c4ccc(CC(C)C)cc4)nn3)n2)cc1C. The summed E-state index contributed by atoms with van der Waals surface area (Å²) in [4.78, 5) is 4.51. The van der Waals surface area contributed by atoms with Gasteiger partial charge in [-0.2, -0.15) is 4.98 Å². The number of aryl methyl sites for hydroxylation is 2. The molecule has 0 saturated carbocycles. The molecule has 0 aliphatic carbocycles. The maximum absolute atomic E-state index is 5.41. The first-order valence-corrected chi connectivity index (χ1v) is 11.4. The highest BCUT2D eigenvalue weighted by atomic mass is 32.2. The lowest BCUT2D eigenvalue weighted by atomic mass is 10.0. The number of hydrogen-bond donors (Lipinski definition) is 0. The van der Waals surface area contributed by atoms with Crippen LogP contribution in [0.3, 0.4) is 0 Å². The van der Waals surface area contributed by atoms with Crippen molar-refractivity contribution in [1.82, 2.24) is 20.3 Å². The molecule has 0 amide bonds. The predicted octanol–water partition coefficient (Wildman–Crippen LogP) is 6.30. The number of rotatable bonds is 7. The van der Waals surface area contributed by atoms with Crippen molar-refractivity contribution in [3.63, 3.8) is 0 Å². The Balaban J connectivity index is 1.37. The molecule has 2 aromatic heterocycles. The zero-order chi connectivity index (χ0) is 21.8. The van der Waals surface area contributed by atoms with Crippen molar-refractivity contribution in [3.05, 3.63) is 77.2 Å². The fourth-order valence-electron chi connectivity index (χ4n) is 3.28. The van der Waals surface area contributed by atoms with Crippen LogP contribution in [0.1, 0.15) is 36.4 Å². The third-order valence-electron chi connectivity index (χ3n) is 5.11. The fourth-order valence-corrected chi connectivity index (χ4v) is 3.93. The Hall–Kier alpha value is -2.99. The van der Waals surface area contributed by atoms with Crippen molar-refractivity contribution in [2.75, 3.05) is 0 Å². The molecule has 6 heteroatoms. The van der Waals surface area contributed by atoms with Crippen molar-refractivity contribution >= 4 is 11.8 Å². The van der Waals surface area contributed by atoms with Gasteiger partial charge in [-0.15, -0.1) is 10.2 Å². The molecular weight excluding hydrogens is 404 g/mol. The highest BCUT2D eigenvalue weighted by molar-refractivity contribution is 7.98. The van der Waals surface area contributed by atoms with Gasteiger partial charge < -0.3 is 4.52 Å². The maximum Gasteiger partial charge on any atom is 0.237 e. The van der Waals surface area contributed by atoms with Gasteiger partial charge in [-0.05, 0) is 61.1 Å². The van der Waals surface area contributed by atoms with Gasteiger partial charge in [0.05, 0.1) is 11.4 Å². The second-order valence-corrected chi connectivity index (χ2v) is 9.15. The Morgan fingerprint density at radius 1 is 0.871 bits per heavy atom. The van der Waals surface area contributed by atoms with Crippen molar-refractivity contribution in [1.29, 1.82) is 0 Å². The fraction of sp³-hybridized carbons (Fsp3) is 0.280. The quantitative estimate of drug-likeness (QED) is 0.321. The van der Waals surface area contributed by atoms with Gasteiger partial charge in [-0.25, -0.2) is 0 Å². The summed E-state index contributed by atoms with van der Waals surface area (Å²) in [5.74, 6) is 2.39. The molecule has 0 bridgehead atoms. The smallest absolute Gasteiger partial charge is 0.237 e. The number of benzene rings is 2. The predicted molar refractivity (Wildman–Crippen MR) is 125 cm³/mol. The minimum atomic E-state index is 0.551. The van der Waals surface area contributed by atoms with E-state index in [4.69, 9.17) is 4.52 Å². The molecule has 0 aliphatic rings. The van der Waals surface area contributed by atoms with E-state index < -0.39 is 0 Å². The Morgan fingerprint density at radius 2 is 1.65 bits per heavy atom. The Bertz CT molecular complexity index is 1150. The molecule has 0 aliphatic heterocycles. The van der Waals surface area contributed by atoms with Gasteiger partial charge in [0.1, 0.15) is 5.03 Å². The van der Waals surface area contributed by atoms with E-state index >= 15 is 0 Å². The summed E-state index contributed by atoms with van der Waals surface area (Å²) in [7, 11) is 0. The third-order valence-corrected chi connectivity index (χ3v) is 6.02. The zero-order valence-electron chi connectivity index (χ0n) is 18.3. The Morgan fingerprint density at radius 3 is 2.32 bits per heavy atom. The van der Waals surface area contributed by atoms with Gasteiger partial charge in [0.25, 0.3) is 0 Å². The van der Waals surface area contributed by atoms with Gasteiger partial charge in [0, 0.05) is 11.1 Å². The summed E-state index contributed by atoms with van der Waals surface area (Å²) >= 11 is 1.53. The van der Waals surface area contributed by atoms with Crippen LogP contribution < -0.4 is 0 Å². The van der Waals surface area contributed by atoms with E-state index in [0.29, 0.717) is 23.4 Å². The minimum Gasteiger partial charge on any atom is -0.338 e. The maximum atomic E-state index is 5.41. The van der Waals surface area contributed by atoms with Gasteiger partial charge >= 0.3 is 0 Å². The monoisotopic (exact) mass is 430 g/mol. The summed E-state index contributed by atoms with van der Waals surface area (Å²) in [5.41, 5.74) is 6.71. The van der Waals surface area contributed by atoms with Crippen LogP contribution in [0, 0.1) is 19.8 Å². The molecule has 0 radical (unpaired) electrons. The largest absolute Gasteiger partial charge is 0.338 e. The molecule has 0 fully saturated rings. The standard InChI is InChI=1S/C25H26N4OS/c1-16(2)13-19-6-9-20(10-7-19)22-11-12-24(28-27-22)31-15-23-26-25(29-30-23)21-8-5-17(3)18(4)14-21/h5-12,14,16H,13,15H2,1-4H3. The van der Waals surface area contributed by atoms with E-state index in [2.05, 4.69) is 84.4 Å². The Labute approximate surface area is 187 Å². The molecule has 0 N–H and O–H groups in total. The summed E-state index contributed by atoms with van der Waals surface area (Å²) in [5, 5.41) is 13.7. The van der Waals surface area contributed by atoms with E-state index in [0.717, 1.165) is 28.3 Å². The van der Waals surface area contributed by atoms with Crippen LogP contribution in [0.4, 0.5) is 0 Å². The van der Waals surface area contributed by atoms with Crippen LogP contribution in [0.25, 0.3) is 22.6 Å².